The lowest BCUT2D eigenvalue weighted by Crippen LogP contribution is -2.42. The molecule has 1 aliphatic heterocycles. The van der Waals surface area contributed by atoms with Crippen molar-refractivity contribution in [2.75, 3.05) is 38.2 Å². The Balaban J connectivity index is 2.27. The summed E-state index contributed by atoms with van der Waals surface area (Å²) in [4.78, 5) is 26.7. The van der Waals surface area contributed by atoms with Crippen molar-refractivity contribution in [1.82, 2.24) is 4.90 Å². The first kappa shape index (κ1) is 14.2. The van der Waals surface area contributed by atoms with E-state index in [1.807, 2.05) is 11.8 Å². The second kappa shape index (κ2) is 5.81. The number of carbonyl (C=O) groups excluding carboxylic acids is 1. The third kappa shape index (κ3) is 2.68. The van der Waals surface area contributed by atoms with Crippen LogP contribution < -0.4 is 9.64 Å². The maximum atomic E-state index is 12.0. The highest BCUT2D eigenvalue weighted by molar-refractivity contribution is 5.94. The molecule has 1 aromatic rings. The lowest BCUT2D eigenvalue weighted by Gasteiger charge is -2.32. The number of hydrogen-bond donors (Lipinski definition) is 1. The Morgan fingerprint density at radius 3 is 2.85 bits per heavy atom. The molecule has 0 saturated carbocycles. The van der Waals surface area contributed by atoms with Gasteiger partial charge in [-0.15, -0.1) is 0 Å². The molecule has 0 fully saturated rings. The van der Waals surface area contributed by atoms with Gasteiger partial charge in [-0.05, 0) is 19.1 Å². The molecule has 1 heterocycles. The molecule has 6 nitrogen and oxygen atoms in total. The number of carbonyl (C=O) groups is 2. The van der Waals surface area contributed by atoms with Crippen molar-refractivity contribution in [3.63, 3.8) is 0 Å². The smallest absolute Gasteiger partial charge is 0.339 e. The molecular formula is C14H18N2O4. The Kier molecular flexibility index (Phi) is 4.12. The molecule has 0 bridgehead atoms. The van der Waals surface area contributed by atoms with Crippen molar-refractivity contribution in [2.24, 2.45) is 0 Å². The number of benzene rings is 1. The van der Waals surface area contributed by atoms with E-state index in [9.17, 15) is 9.59 Å². The Bertz CT molecular complexity index is 530. The van der Waals surface area contributed by atoms with Gasteiger partial charge < -0.3 is 19.6 Å². The molecule has 0 aromatic heterocycles. The molecule has 1 aromatic carbocycles. The van der Waals surface area contributed by atoms with E-state index in [1.54, 1.807) is 24.1 Å². The van der Waals surface area contributed by atoms with Crippen molar-refractivity contribution < 1.29 is 19.4 Å². The summed E-state index contributed by atoms with van der Waals surface area (Å²) in [7, 11) is 1.75. The molecule has 1 N–H and O–H groups in total. The van der Waals surface area contributed by atoms with E-state index in [4.69, 9.17) is 9.84 Å². The third-order valence-corrected chi connectivity index (χ3v) is 3.40. The fourth-order valence-electron chi connectivity index (χ4n) is 2.10. The highest BCUT2D eigenvalue weighted by atomic mass is 16.5. The maximum Gasteiger partial charge on any atom is 0.339 e. The summed E-state index contributed by atoms with van der Waals surface area (Å²) in [6.07, 6.45) is 0. The molecule has 0 aliphatic carbocycles. The predicted octanol–water partition coefficient (Wildman–Crippen LogP) is 1.06. The minimum Gasteiger partial charge on any atom is -0.489 e. The summed E-state index contributed by atoms with van der Waals surface area (Å²) in [5, 5.41) is 9.16. The van der Waals surface area contributed by atoms with Crippen LogP contribution in [-0.2, 0) is 4.79 Å². The summed E-state index contributed by atoms with van der Waals surface area (Å²) >= 11 is 0. The summed E-state index contributed by atoms with van der Waals surface area (Å²) in [6.45, 7) is 3.72. The molecule has 0 saturated heterocycles. The van der Waals surface area contributed by atoms with Crippen LogP contribution in [0, 0.1) is 0 Å². The minimum atomic E-state index is -1.03. The number of para-hydroxylation sites is 1. The van der Waals surface area contributed by atoms with Gasteiger partial charge in [0.2, 0.25) is 5.91 Å². The van der Waals surface area contributed by atoms with Crippen molar-refractivity contribution >= 4 is 17.6 Å². The number of fused-ring (bicyclic) bond motifs is 1. The Labute approximate surface area is 117 Å². The summed E-state index contributed by atoms with van der Waals surface area (Å²) in [5.74, 6) is -0.681. The van der Waals surface area contributed by atoms with Gasteiger partial charge in [0, 0.05) is 13.6 Å². The van der Waals surface area contributed by atoms with Crippen molar-refractivity contribution in [1.29, 1.82) is 0 Å². The van der Waals surface area contributed by atoms with Crippen LogP contribution in [0.25, 0.3) is 0 Å². The van der Waals surface area contributed by atoms with Crippen LogP contribution >= 0.6 is 0 Å². The van der Waals surface area contributed by atoms with Gasteiger partial charge in [0.1, 0.15) is 12.2 Å². The minimum absolute atomic E-state index is 0.000998. The van der Waals surface area contributed by atoms with E-state index in [1.165, 1.54) is 6.07 Å². The number of ether oxygens (including phenoxy) is 1. The average molecular weight is 278 g/mol. The Hall–Kier alpha value is -2.24. The van der Waals surface area contributed by atoms with Gasteiger partial charge in [-0.2, -0.15) is 0 Å². The summed E-state index contributed by atoms with van der Waals surface area (Å²) in [5.41, 5.74) is 0.789. The third-order valence-electron chi connectivity index (χ3n) is 3.40. The zero-order valence-corrected chi connectivity index (χ0v) is 11.6. The zero-order chi connectivity index (χ0) is 14.7. The molecule has 2 rings (SSSR count). The second-order valence-corrected chi connectivity index (χ2v) is 4.64. The van der Waals surface area contributed by atoms with Gasteiger partial charge >= 0.3 is 5.97 Å². The number of carboxylic acids is 1. The first-order chi connectivity index (χ1) is 9.54. The van der Waals surface area contributed by atoms with E-state index < -0.39 is 5.97 Å². The lowest BCUT2D eigenvalue weighted by molar-refractivity contribution is -0.128. The fourth-order valence-corrected chi connectivity index (χ4v) is 2.10. The van der Waals surface area contributed by atoms with Gasteiger partial charge in [-0.1, -0.05) is 6.07 Å². The Morgan fingerprint density at radius 1 is 1.45 bits per heavy atom. The lowest BCUT2D eigenvalue weighted by atomic mass is 10.1. The number of carboxylic acid groups (broad SMARTS) is 1. The molecule has 0 unspecified atom stereocenters. The molecule has 1 aliphatic rings. The zero-order valence-electron chi connectivity index (χ0n) is 11.6. The van der Waals surface area contributed by atoms with E-state index >= 15 is 0 Å². The topological polar surface area (TPSA) is 70.1 Å². The summed E-state index contributed by atoms with van der Waals surface area (Å²) in [6, 6.07) is 4.95. The number of aromatic carboxylic acids is 1. The maximum absolute atomic E-state index is 12.0. The first-order valence-corrected chi connectivity index (χ1v) is 6.52. The van der Waals surface area contributed by atoms with Crippen LogP contribution in [0.3, 0.4) is 0 Å². The Morgan fingerprint density at radius 2 is 2.20 bits per heavy atom. The van der Waals surface area contributed by atoms with Crippen molar-refractivity contribution in [3.8, 4) is 5.75 Å². The van der Waals surface area contributed by atoms with Crippen LogP contribution in [0.15, 0.2) is 18.2 Å². The number of hydrogen-bond acceptors (Lipinski definition) is 4. The molecule has 6 heteroatoms. The molecular weight excluding hydrogens is 260 g/mol. The van der Waals surface area contributed by atoms with Crippen LogP contribution in [0.4, 0.5) is 5.69 Å². The quantitative estimate of drug-likeness (QED) is 0.892. The van der Waals surface area contributed by atoms with Gasteiger partial charge in [-0.25, -0.2) is 4.79 Å². The van der Waals surface area contributed by atoms with Gasteiger partial charge in [0.25, 0.3) is 0 Å². The predicted molar refractivity (Wildman–Crippen MR) is 74.4 cm³/mol. The van der Waals surface area contributed by atoms with Crippen LogP contribution in [-0.4, -0.2) is 55.2 Å². The molecule has 1 amide bonds. The van der Waals surface area contributed by atoms with Gasteiger partial charge in [-0.3, -0.25) is 4.79 Å². The SMILES string of the molecule is CCN(C)C(=O)CN1CCOc2c(C(=O)O)cccc21. The van der Waals surface area contributed by atoms with Crippen LogP contribution in [0.2, 0.25) is 0 Å². The molecule has 0 spiro atoms. The molecule has 0 atom stereocenters. The van der Waals surface area contributed by atoms with E-state index in [0.717, 1.165) is 0 Å². The van der Waals surface area contributed by atoms with Crippen molar-refractivity contribution in [3.05, 3.63) is 23.8 Å². The van der Waals surface area contributed by atoms with Crippen LogP contribution in [0.1, 0.15) is 17.3 Å². The fraction of sp³-hybridized carbons (Fsp3) is 0.429. The van der Waals surface area contributed by atoms with E-state index in [-0.39, 0.29) is 18.0 Å². The normalized spacial score (nSPS) is 13.4. The average Bonchev–Trinajstić information content (AvgIpc) is 2.45. The molecule has 0 radical (unpaired) electrons. The van der Waals surface area contributed by atoms with Gasteiger partial charge in [0.15, 0.2) is 5.75 Å². The molecule has 108 valence electrons. The number of amides is 1. The van der Waals surface area contributed by atoms with E-state index in [2.05, 4.69) is 0 Å². The number of likely N-dealkylation sites (N-methyl/N-ethyl adjacent to an activating group) is 1. The largest absolute Gasteiger partial charge is 0.489 e. The monoisotopic (exact) mass is 278 g/mol. The molecule has 20 heavy (non-hydrogen) atoms. The van der Waals surface area contributed by atoms with Crippen molar-refractivity contribution in [2.45, 2.75) is 6.92 Å². The standard InChI is InChI=1S/C14H18N2O4/c1-3-15(2)12(17)9-16-7-8-20-13-10(14(18)19)5-4-6-11(13)16/h4-6H,3,7-9H2,1-2H3,(H,18,19). The van der Waals surface area contributed by atoms with E-state index in [0.29, 0.717) is 31.1 Å². The number of nitrogens with zero attached hydrogens (tertiary/aromatic N) is 2. The van der Waals surface area contributed by atoms with Gasteiger partial charge in [0.05, 0.1) is 18.8 Å². The second-order valence-electron chi connectivity index (χ2n) is 4.64. The summed E-state index contributed by atoms with van der Waals surface area (Å²) < 4.78 is 5.47. The number of rotatable bonds is 4. The van der Waals surface area contributed by atoms with Crippen LogP contribution in [0.5, 0.6) is 5.75 Å². The number of anilines is 1. The highest BCUT2D eigenvalue weighted by Gasteiger charge is 2.25. The highest BCUT2D eigenvalue weighted by Crippen LogP contribution is 2.34. The first-order valence-electron chi connectivity index (χ1n) is 6.52.